The maximum atomic E-state index is 12.0. The first-order valence-electron chi connectivity index (χ1n) is 5.61. The van der Waals surface area contributed by atoms with Gasteiger partial charge in [0.25, 0.3) is 0 Å². The molecule has 2 aliphatic rings. The molecule has 0 aromatic rings. The van der Waals surface area contributed by atoms with E-state index in [9.17, 15) is 4.79 Å². The highest BCUT2D eigenvalue weighted by molar-refractivity contribution is 7.80. The summed E-state index contributed by atoms with van der Waals surface area (Å²) in [5.41, 5.74) is 0.280. The fourth-order valence-corrected chi connectivity index (χ4v) is 2.44. The van der Waals surface area contributed by atoms with Crippen LogP contribution in [0.25, 0.3) is 0 Å². The van der Waals surface area contributed by atoms with Crippen molar-refractivity contribution >= 4 is 18.5 Å². The molecule has 0 atom stereocenters. The van der Waals surface area contributed by atoms with Crippen molar-refractivity contribution in [1.29, 1.82) is 0 Å². The number of carbonyl (C=O) groups excluding carboxylic acids is 1. The van der Waals surface area contributed by atoms with Gasteiger partial charge in [0, 0.05) is 19.0 Å². The van der Waals surface area contributed by atoms with Crippen molar-refractivity contribution < 1.29 is 4.79 Å². The Hall–Kier alpha value is -0.180. The standard InChI is InChI=1S/C11H19NOS/c1-2-12(9-3-4-9)10(13)7-11(8-14)5-6-11/h9,14H,2-8H2,1H3. The van der Waals surface area contributed by atoms with E-state index in [1.165, 1.54) is 25.7 Å². The summed E-state index contributed by atoms with van der Waals surface area (Å²) in [5.74, 6) is 1.24. The van der Waals surface area contributed by atoms with E-state index in [4.69, 9.17) is 0 Å². The van der Waals surface area contributed by atoms with Crippen molar-refractivity contribution in [3.05, 3.63) is 0 Å². The first-order valence-corrected chi connectivity index (χ1v) is 6.24. The predicted molar refractivity (Wildman–Crippen MR) is 60.5 cm³/mol. The van der Waals surface area contributed by atoms with Gasteiger partial charge in [0.05, 0.1) is 0 Å². The molecular weight excluding hydrogens is 194 g/mol. The average molecular weight is 213 g/mol. The molecule has 80 valence electrons. The van der Waals surface area contributed by atoms with Crippen molar-refractivity contribution in [3.8, 4) is 0 Å². The van der Waals surface area contributed by atoms with Gasteiger partial charge >= 0.3 is 0 Å². The third kappa shape index (κ3) is 2.08. The highest BCUT2D eigenvalue weighted by Crippen LogP contribution is 2.50. The van der Waals surface area contributed by atoms with Crippen LogP contribution >= 0.6 is 12.6 Å². The monoisotopic (exact) mass is 213 g/mol. The van der Waals surface area contributed by atoms with E-state index in [1.54, 1.807) is 0 Å². The van der Waals surface area contributed by atoms with Crippen LogP contribution in [0.5, 0.6) is 0 Å². The summed E-state index contributed by atoms with van der Waals surface area (Å²) in [6.07, 6.45) is 5.57. The van der Waals surface area contributed by atoms with Crippen molar-refractivity contribution in [2.24, 2.45) is 5.41 Å². The normalized spacial score (nSPS) is 23.3. The van der Waals surface area contributed by atoms with Crippen LogP contribution in [0.2, 0.25) is 0 Å². The number of amides is 1. The fraction of sp³-hybridized carbons (Fsp3) is 0.909. The lowest BCUT2D eigenvalue weighted by Crippen LogP contribution is -2.34. The van der Waals surface area contributed by atoms with Crippen LogP contribution in [0.3, 0.4) is 0 Å². The molecule has 0 radical (unpaired) electrons. The summed E-state index contributed by atoms with van der Waals surface area (Å²) < 4.78 is 0. The first-order chi connectivity index (χ1) is 6.71. The van der Waals surface area contributed by atoms with Crippen LogP contribution in [0.15, 0.2) is 0 Å². The van der Waals surface area contributed by atoms with E-state index in [1.807, 2.05) is 0 Å². The van der Waals surface area contributed by atoms with Gasteiger partial charge in [0.1, 0.15) is 0 Å². The summed E-state index contributed by atoms with van der Waals surface area (Å²) in [6, 6.07) is 0.572. The molecule has 2 nitrogen and oxygen atoms in total. The van der Waals surface area contributed by atoms with E-state index in [0.717, 1.165) is 18.7 Å². The molecule has 2 saturated carbocycles. The number of hydrogen-bond acceptors (Lipinski definition) is 2. The lowest BCUT2D eigenvalue weighted by Gasteiger charge is -2.22. The van der Waals surface area contributed by atoms with Gasteiger partial charge in [0.15, 0.2) is 0 Å². The Morgan fingerprint density at radius 3 is 2.50 bits per heavy atom. The van der Waals surface area contributed by atoms with Gasteiger partial charge in [0.2, 0.25) is 5.91 Å². The summed E-state index contributed by atoms with van der Waals surface area (Å²) >= 11 is 4.33. The van der Waals surface area contributed by atoms with Crippen LogP contribution in [0.1, 0.15) is 39.0 Å². The number of rotatable bonds is 5. The molecule has 0 aliphatic heterocycles. The molecule has 3 heteroatoms. The molecule has 0 bridgehead atoms. The van der Waals surface area contributed by atoms with Crippen LogP contribution in [0, 0.1) is 5.41 Å². The summed E-state index contributed by atoms with van der Waals surface area (Å²) in [6.45, 7) is 2.96. The molecule has 2 fully saturated rings. The molecule has 0 heterocycles. The molecule has 2 aliphatic carbocycles. The molecule has 14 heavy (non-hydrogen) atoms. The Balaban J connectivity index is 1.87. The molecule has 2 rings (SSSR count). The Bertz CT molecular complexity index is 233. The lowest BCUT2D eigenvalue weighted by molar-refractivity contribution is -0.132. The van der Waals surface area contributed by atoms with Gasteiger partial charge in [-0.15, -0.1) is 0 Å². The van der Waals surface area contributed by atoms with E-state index in [2.05, 4.69) is 24.5 Å². The van der Waals surface area contributed by atoms with E-state index >= 15 is 0 Å². The summed E-state index contributed by atoms with van der Waals surface area (Å²) in [4.78, 5) is 14.0. The Morgan fingerprint density at radius 1 is 1.50 bits per heavy atom. The van der Waals surface area contributed by atoms with Crippen LogP contribution in [-0.2, 0) is 4.79 Å². The molecule has 0 saturated heterocycles. The van der Waals surface area contributed by atoms with Crippen LogP contribution in [0.4, 0.5) is 0 Å². The highest BCUT2D eigenvalue weighted by atomic mass is 32.1. The summed E-state index contributed by atoms with van der Waals surface area (Å²) in [7, 11) is 0. The minimum absolute atomic E-state index is 0.280. The Morgan fingerprint density at radius 2 is 2.14 bits per heavy atom. The third-order valence-electron chi connectivity index (χ3n) is 3.47. The van der Waals surface area contributed by atoms with Crippen molar-refractivity contribution in [2.45, 2.75) is 45.1 Å². The molecule has 0 N–H and O–H groups in total. The largest absolute Gasteiger partial charge is 0.340 e. The van der Waals surface area contributed by atoms with Crippen molar-refractivity contribution in [1.82, 2.24) is 4.90 Å². The Kier molecular flexibility index (Phi) is 2.78. The average Bonchev–Trinajstić information content (AvgIpc) is 3.00. The molecule has 0 aromatic carbocycles. The minimum Gasteiger partial charge on any atom is -0.340 e. The zero-order valence-corrected chi connectivity index (χ0v) is 9.72. The number of nitrogens with zero attached hydrogens (tertiary/aromatic N) is 1. The number of carbonyl (C=O) groups is 1. The smallest absolute Gasteiger partial charge is 0.223 e. The lowest BCUT2D eigenvalue weighted by atomic mass is 10.0. The second-order valence-electron chi connectivity index (χ2n) is 4.75. The van der Waals surface area contributed by atoms with Gasteiger partial charge < -0.3 is 4.90 Å². The van der Waals surface area contributed by atoms with Gasteiger partial charge in [-0.05, 0) is 43.8 Å². The van der Waals surface area contributed by atoms with Gasteiger partial charge in [-0.3, -0.25) is 4.79 Å². The predicted octanol–water partition coefficient (Wildman–Crippen LogP) is 2.10. The van der Waals surface area contributed by atoms with E-state index < -0.39 is 0 Å². The van der Waals surface area contributed by atoms with Gasteiger partial charge in [-0.2, -0.15) is 12.6 Å². The van der Waals surface area contributed by atoms with Gasteiger partial charge in [-0.25, -0.2) is 0 Å². The second-order valence-corrected chi connectivity index (χ2v) is 5.06. The maximum Gasteiger partial charge on any atom is 0.223 e. The van der Waals surface area contributed by atoms with Crippen LogP contribution < -0.4 is 0 Å². The van der Waals surface area contributed by atoms with E-state index in [0.29, 0.717) is 11.9 Å². The first kappa shape index (κ1) is 10.3. The van der Waals surface area contributed by atoms with E-state index in [-0.39, 0.29) is 5.41 Å². The number of hydrogen-bond donors (Lipinski definition) is 1. The zero-order chi connectivity index (χ0) is 10.2. The van der Waals surface area contributed by atoms with Crippen molar-refractivity contribution in [3.63, 3.8) is 0 Å². The molecule has 0 unspecified atom stereocenters. The fourth-order valence-electron chi connectivity index (χ4n) is 2.01. The zero-order valence-electron chi connectivity index (χ0n) is 8.83. The van der Waals surface area contributed by atoms with Gasteiger partial charge in [-0.1, -0.05) is 0 Å². The topological polar surface area (TPSA) is 20.3 Å². The second kappa shape index (κ2) is 3.76. The summed E-state index contributed by atoms with van der Waals surface area (Å²) in [5, 5.41) is 0. The SMILES string of the molecule is CCN(C(=O)CC1(CS)CC1)C1CC1. The Labute approximate surface area is 91.5 Å². The minimum atomic E-state index is 0.280. The van der Waals surface area contributed by atoms with Crippen molar-refractivity contribution in [2.75, 3.05) is 12.3 Å². The molecule has 0 aromatic heterocycles. The van der Waals surface area contributed by atoms with Crippen LogP contribution in [-0.4, -0.2) is 29.1 Å². The third-order valence-corrected chi connectivity index (χ3v) is 4.14. The molecule has 0 spiro atoms. The molecule has 1 amide bonds. The quantitative estimate of drug-likeness (QED) is 0.693. The molecular formula is C11H19NOS. The highest BCUT2D eigenvalue weighted by Gasteiger charge is 2.44. The maximum absolute atomic E-state index is 12.0. The number of thiol groups is 1.